The van der Waals surface area contributed by atoms with Gasteiger partial charge in [0.2, 0.25) is 0 Å². The van der Waals surface area contributed by atoms with Crippen LogP contribution in [0.15, 0.2) is 27.8 Å². The molecule has 0 atom stereocenters. The van der Waals surface area contributed by atoms with Gasteiger partial charge in [0.1, 0.15) is 11.4 Å². The van der Waals surface area contributed by atoms with Gasteiger partial charge in [0.25, 0.3) is 0 Å². The van der Waals surface area contributed by atoms with Crippen molar-refractivity contribution in [2.24, 2.45) is 4.99 Å². The first-order chi connectivity index (χ1) is 13.9. The molecule has 0 unspecified atom stereocenters. The molecule has 1 aliphatic rings. The predicted octanol–water partition coefficient (Wildman–Crippen LogP) is 4.17. The van der Waals surface area contributed by atoms with E-state index in [4.69, 9.17) is 9.15 Å². The van der Waals surface area contributed by atoms with Crippen LogP contribution in [0.3, 0.4) is 0 Å². The van der Waals surface area contributed by atoms with E-state index in [-0.39, 0.29) is 36.1 Å². The number of carbonyl (C=O) groups excluding carboxylic acids is 1. The number of amides is 1. The van der Waals surface area contributed by atoms with Crippen LogP contribution in [-0.4, -0.2) is 54.8 Å². The highest BCUT2D eigenvalue weighted by Gasteiger charge is 2.25. The van der Waals surface area contributed by atoms with E-state index in [9.17, 15) is 4.79 Å². The first-order valence-corrected chi connectivity index (χ1v) is 11.8. The number of thioether (sulfide) groups is 1. The Bertz CT molecular complexity index is 627. The summed E-state index contributed by atoms with van der Waals surface area (Å²) in [4.78, 5) is 16.6. The molecule has 7 nitrogen and oxygen atoms in total. The number of aliphatic imine (C=N–C) groups is 1. The van der Waals surface area contributed by atoms with E-state index in [0.29, 0.717) is 6.04 Å². The number of halogens is 1. The summed E-state index contributed by atoms with van der Waals surface area (Å²) in [5.41, 5.74) is -0.466. The molecule has 1 saturated carbocycles. The van der Waals surface area contributed by atoms with Crippen LogP contribution in [0.2, 0.25) is 0 Å². The smallest absolute Gasteiger partial charge is 0.407 e. The number of hydrogen-bond donors (Lipinski definition) is 3. The second kappa shape index (κ2) is 14.1. The van der Waals surface area contributed by atoms with E-state index in [1.54, 1.807) is 18.0 Å². The number of ether oxygens (including phenoxy) is 1. The van der Waals surface area contributed by atoms with Crippen molar-refractivity contribution in [2.75, 3.05) is 25.1 Å². The van der Waals surface area contributed by atoms with Crippen molar-refractivity contribution in [2.45, 2.75) is 70.6 Å². The van der Waals surface area contributed by atoms with Crippen molar-refractivity contribution in [1.82, 2.24) is 16.0 Å². The Morgan fingerprint density at radius 2 is 1.90 bits per heavy atom. The van der Waals surface area contributed by atoms with Crippen molar-refractivity contribution in [1.29, 1.82) is 0 Å². The van der Waals surface area contributed by atoms with E-state index in [0.717, 1.165) is 62.7 Å². The molecule has 1 aromatic heterocycles. The van der Waals surface area contributed by atoms with Crippen LogP contribution in [-0.2, 0) is 11.2 Å². The third-order valence-electron chi connectivity index (χ3n) is 4.60. The lowest BCUT2D eigenvalue weighted by atomic mass is 9.91. The second-order valence-electron chi connectivity index (χ2n) is 8.32. The van der Waals surface area contributed by atoms with Crippen molar-refractivity contribution >= 4 is 47.8 Å². The van der Waals surface area contributed by atoms with Crippen LogP contribution in [0, 0.1) is 0 Å². The molecule has 0 aliphatic heterocycles. The Hall–Kier alpha value is -1.10. The monoisotopic (exact) mass is 552 g/mol. The maximum absolute atomic E-state index is 12.0. The van der Waals surface area contributed by atoms with Crippen LogP contribution in [0.4, 0.5) is 4.79 Å². The van der Waals surface area contributed by atoms with Crippen molar-refractivity contribution in [3.05, 3.63) is 24.2 Å². The quantitative estimate of drug-likeness (QED) is 0.194. The van der Waals surface area contributed by atoms with Gasteiger partial charge in [-0.2, -0.15) is 11.8 Å². The summed E-state index contributed by atoms with van der Waals surface area (Å²) < 4.78 is 10.7. The zero-order valence-electron chi connectivity index (χ0n) is 18.5. The third kappa shape index (κ3) is 11.3. The number of alkyl carbamates (subject to hydrolysis) is 1. The summed E-state index contributed by atoms with van der Waals surface area (Å²) in [5.74, 6) is 2.82. The molecule has 1 fully saturated rings. The predicted molar refractivity (Wildman–Crippen MR) is 135 cm³/mol. The van der Waals surface area contributed by atoms with Crippen LogP contribution >= 0.6 is 35.7 Å². The van der Waals surface area contributed by atoms with Gasteiger partial charge in [0.05, 0.1) is 12.8 Å². The Morgan fingerprint density at radius 3 is 2.47 bits per heavy atom. The highest BCUT2D eigenvalue weighted by atomic mass is 127. The minimum Gasteiger partial charge on any atom is -0.469 e. The zero-order chi connectivity index (χ0) is 21.1. The fraction of sp³-hybridized carbons (Fsp3) is 0.714. The number of carbonyl (C=O) groups is 1. The molecule has 0 radical (unpaired) electrons. The molecule has 1 aliphatic carbocycles. The van der Waals surface area contributed by atoms with Crippen LogP contribution in [0.25, 0.3) is 0 Å². The number of nitrogens with zero attached hydrogens (tertiary/aromatic N) is 1. The fourth-order valence-corrected chi connectivity index (χ4v) is 3.48. The molecule has 0 aromatic carbocycles. The zero-order valence-corrected chi connectivity index (χ0v) is 21.7. The molecule has 172 valence electrons. The first-order valence-electron chi connectivity index (χ1n) is 10.4. The minimum absolute atomic E-state index is 0. The van der Waals surface area contributed by atoms with Gasteiger partial charge < -0.3 is 25.1 Å². The summed E-state index contributed by atoms with van der Waals surface area (Å²) in [6.07, 6.45) is 8.12. The molecule has 1 amide bonds. The molecule has 0 bridgehead atoms. The van der Waals surface area contributed by atoms with Gasteiger partial charge in [0.15, 0.2) is 5.96 Å². The summed E-state index contributed by atoms with van der Waals surface area (Å²) >= 11 is 1.79. The molecule has 1 heterocycles. The average Bonchev–Trinajstić information content (AvgIpc) is 3.15. The van der Waals surface area contributed by atoms with Gasteiger partial charge >= 0.3 is 6.09 Å². The van der Waals surface area contributed by atoms with Crippen molar-refractivity contribution in [3.8, 4) is 0 Å². The lowest BCUT2D eigenvalue weighted by Crippen LogP contribution is -2.48. The molecule has 30 heavy (non-hydrogen) atoms. The Labute approximate surface area is 202 Å². The molecule has 9 heteroatoms. The highest BCUT2D eigenvalue weighted by Crippen LogP contribution is 2.19. The molecule has 0 spiro atoms. The lowest BCUT2D eigenvalue weighted by molar-refractivity contribution is 0.0490. The SMILES string of the molecule is CSCCN=C(NCCc1ccco1)NC1CCC(NC(=O)OC(C)(C)C)CC1.I. The summed E-state index contributed by atoms with van der Waals surface area (Å²) in [5, 5.41) is 9.97. The number of guanidine groups is 1. The number of nitrogens with one attached hydrogen (secondary N) is 3. The van der Waals surface area contributed by atoms with Gasteiger partial charge in [-0.15, -0.1) is 24.0 Å². The first kappa shape index (κ1) is 26.9. The summed E-state index contributed by atoms with van der Waals surface area (Å²) in [6.45, 7) is 7.19. The largest absolute Gasteiger partial charge is 0.469 e. The summed E-state index contributed by atoms with van der Waals surface area (Å²) in [6, 6.07) is 4.42. The van der Waals surface area contributed by atoms with Crippen molar-refractivity contribution in [3.63, 3.8) is 0 Å². The van der Waals surface area contributed by atoms with E-state index in [1.165, 1.54) is 0 Å². The van der Waals surface area contributed by atoms with E-state index in [1.807, 2.05) is 32.9 Å². The van der Waals surface area contributed by atoms with E-state index < -0.39 is 5.60 Å². The third-order valence-corrected chi connectivity index (χ3v) is 5.19. The van der Waals surface area contributed by atoms with E-state index in [2.05, 4.69) is 27.2 Å². The van der Waals surface area contributed by atoms with Gasteiger partial charge in [-0.05, 0) is 64.8 Å². The molecular weight excluding hydrogens is 515 g/mol. The number of rotatable bonds is 8. The second-order valence-corrected chi connectivity index (χ2v) is 9.30. The van der Waals surface area contributed by atoms with Gasteiger partial charge in [-0.25, -0.2) is 4.79 Å². The normalized spacial score (nSPS) is 19.5. The number of furan rings is 1. The van der Waals surface area contributed by atoms with Crippen LogP contribution in [0.1, 0.15) is 52.2 Å². The standard InChI is InChI=1S/C21H36N4O3S.HI/c1-21(2,3)28-20(26)25-17-9-7-16(8-10-17)24-19(23-13-15-29-4)22-12-11-18-6-5-14-27-18;/h5-6,14,16-17H,7-13,15H2,1-4H3,(H,25,26)(H2,22,23,24);1H. The highest BCUT2D eigenvalue weighted by molar-refractivity contribution is 14.0. The average molecular weight is 553 g/mol. The summed E-state index contributed by atoms with van der Waals surface area (Å²) in [7, 11) is 0. The Balaban J connectivity index is 0.00000450. The molecule has 2 rings (SSSR count). The van der Waals surface area contributed by atoms with Crippen LogP contribution < -0.4 is 16.0 Å². The van der Waals surface area contributed by atoms with Crippen molar-refractivity contribution < 1.29 is 13.9 Å². The topological polar surface area (TPSA) is 87.9 Å². The fourth-order valence-electron chi connectivity index (χ4n) is 3.21. The minimum atomic E-state index is -0.466. The van der Waals surface area contributed by atoms with E-state index >= 15 is 0 Å². The molecule has 1 aromatic rings. The maximum atomic E-state index is 12.0. The molecular formula is C21H37IN4O3S. The molecule has 3 N–H and O–H groups in total. The maximum Gasteiger partial charge on any atom is 0.407 e. The number of hydrogen-bond acceptors (Lipinski definition) is 5. The van der Waals surface area contributed by atoms with Gasteiger partial charge in [0, 0.05) is 30.8 Å². The van der Waals surface area contributed by atoms with Gasteiger partial charge in [-0.1, -0.05) is 0 Å². The Kier molecular flexibility index (Phi) is 12.6. The van der Waals surface area contributed by atoms with Gasteiger partial charge in [-0.3, -0.25) is 4.99 Å². The Morgan fingerprint density at radius 1 is 1.23 bits per heavy atom. The van der Waals surface area contributed by atoms with Crippen LogP contribution in [0.5, 0.6) is 0 Å². The lowest BCUT2D eigenvalue weighted by Gasteiger charge is -2.31. The molecule has 0 saturated heterocycles.